The smallest absolute Gasteiger partial charge is 0.162 e. The lowest BCUT2D eigenvalue weighted by atomic mass is 9.68. The number of allylic oxidation sites excluding steroid dienone is 2. The molecule has 1 N–H and O–H groups in total. The van der Waals surface area contributed by atoms with E-state index in [0.29, 0.717) is 6.42 Å². The van der Waals surface area contributed by atoms with Crippen LogP contribution in [0.4, 0.5) is 5.69 Å². The largest absolute Gasteiger partial charge is 0.496 e. The molecule has 4 heteroatoms. The summed E-state index contributed by atoms with van der Waals surface area (Å²) < 4.78 is 6.68. The lowest BCUT2D eigenvalue weighted by Crippen LogP contribution is -2.34. The molecule has 1 unspecified atom stereocenters. The van der Waals surface area contributed by atoms with E-state index in [1.165, 1.54) is 16.3 Å². The number of benzene rings is 3. The van der Waals surface area contributed by atoms with Crippen LogP contribution in [0.25, 0.3) is 10.8 Å². The van der Waals surface area contributed by atoms with E-state index in [1.807, 2.05) is 6.92 Å². The van der Waals surface area contributed by atoms with Crippen LogP contribution in [-0.4, -0.2) is 12.9 Å². The summed E-state index contributed by atoms with van der Waals surface area (Å²) in [6.45, 7) is 6.39. The van der Waals surface area contributed by atoms with Crippen LogP contribution in [0.2, 0.25) is 0 Å². The molecule has 2 aliphatic rings. The second-order valence-electron chi connectivity index (χ2n) is 9.47. The average Bonchev–Trinajstić information content (AvgIpc) is 2.73. The number of carbonyl (C=O) groups excluding carboxylic acids is 1. The number of methoxy groups -OCH3 is 1. The molecular formula is C27H26BrNO2. The summed E-state index contributed by atoms with van der Waals surface area (Å²) in [5.74, 6) is 0.931. The van der Waals surface area contributed by atoms with E-state index in [0.717, 1.165) is 44.7 Å². The number of nitrogens with one attached hydrogen (secondary N) is 1. The zero-order valence-corrected chi connectivity index (χ0v) is 19.9. The third-order valence-corrected chi connectivity index (χ3v) is 7.45. The molecule has 3 aromatic carbocycles. The van der Waals surface area contributed by atoms with Crippen LogP contribution in [0.3, 0.4) is 0 Å². The van der Waals surface area contributed by atoms with Crippen molar-refractivity contribution in [3.05, 3.63) is 81.0 Å². The van der Waals surface area contributed by atoms with Gasteiger partial charge in [-0.15, -0.1) is 0 Å². The fourth-order valence-corrected chi connectivity index (χ4v) is 5.65. The number of ketones is 1. The lowest BCUT2D eigenvalue weighted by Gasteiger charge is -2.40. The molecule has 1 aliphatic heterocycles. The third kappa shape index (κ3) is 3.28. The Hall–Kier alpha value is -2.59. The van der Waals surface area contributed by atoms with Crippen molar-refractivity contribution in [2.45, 2.75) is 39.5 Å². The Labute approximate surface area is 191 Å². The number of ether oxygens (including phenoxy) is 1. The molecule has 31 heavy (non-hydrogen) atoms. The highest BCUT2D eigenvalue weighted by atomic mass is 79.9. The molecule has 1 heterocycles. The minimum absolute atomic E-state index is 0.0482. The molecule has 1 aliphatic carbocycles. The van der Waals surface area contributed by atoms with Crippen LogP contribution in [0, 0.1) is 12.3 Å². The van der Waals surface area contributed by atoms with Gasteiger partial charge in [-0.2, -0.15) is 0 Å². The van der Waals surface area contributed by atoms with Crippen LogP contribution in [-0.2, 0) is 4.79 Å². The topological polar surface area (TPSA) is 38.3 Å². The van der Waals surface area contributed by atoms with Gasteiger partial charge >= 0.3 is 0 Å². The Bertz CT molecular complexity index is 1270. The van der Waals surface area contributed by atoms with E-state index in [-0.39, 0.29) is 17.1 Å². The zero-order chi connectivity index (χ0) is 21.9. The first-order valence-corrected chi connectivity index (χ1v) is 11.5. The normalized spacial score (nSPS) is 19.6. The van der Waals surface area contributed by atoms with E-state index >= 15 is 0 Å². The van der Waals surface area contributed by atoms with Crippen molar-refractivity contribution in [2.24, 2.45) is 5.41 Å². The van der Waals surface area contributed by atoms with Gasteiger partial charge in [0.05, 0.1) is 7.11 Å². The van der Waals surface area contributed by atoms with Crippen molar-refractivity contribution in [3.63, 3.8) is 0 Å². The molecule has 0 radical (unpaired) electrons. The van der Waals surface area contributed by atoms with Gasteiger partial charge in [0.25, 0.3) is 0 Å². The number of hydrogen-bond donors (Lipinski definition) is 1. The Morgan fingerprint density at radius 1 is 1.10 bits per heavy atom. The third-order valence-electron chi connectivity index (χ3n) is 6.63. The molecule has 0 fully saturated rings. The molecular weight excluding hydrogens is 450 g/mol. The molecule has 1 atom stereocenters. The minimum atomic E-state index is -0.133. The van der Waals surface area contributed by atoms with E-state index in [1.54, 1.807) is 7.11 Å². The summed E-state index contributed by atoms with van der Waals surface area (Å²) in [5.41, 5.74) is 6.31. The van der Waals surface area contributed by atoms with Gasteiger partial charge in [-0.25, -0.2) is 0 Å². The van der Waals surface area contributed by atoms with Gasteiger partial charge in [-0.3, -0.25) is 4.79 Å². The molecule has 3 aromatic rings. The molecule has 158 valence electrons. The fourth-order valence-electron chi connectivity index (χ4n) is 5.19. The van der Waals surface area contributed by atoms with Crippen molar-refractivity contribution >= 4 is 38.2 Å². The number of anilines is 1. The van der Waals surface area contributed by atoms with Crippen LogP contribution >= 0.6 is 15.9 Å². The van der Waals surface area contributed by atoms with E-state index in [9.17, 15) is 4.79 Å². The number of halogens is 1. The maximum Gasteiger partial charge on any atom is 0.162 e. The van der Waals surface area contributed by atoms with Crippen molar-refractivity contribution in [3.8, 4) is 5.75 Å². The van der Waals surface area contributed by atoms with Crippen LogP contribution in [0.15, 0.2) is 64.3 Å². The second kappa shape index (κ2) is 7.23. The molecule has 0 amide bonds. The van der Waals surface area contributed by atoms with E-state index in [4.69, 9.17) is 4.74 Å². The minimum Gasteiger partial charge on any atom is -0.496 e. The van der Waals surface area contributed by atoms with E-state index < -0.39 is 0 Å². The summed E-state index contributed by atoms with van der Waals surface area (Å²) in [6.07, 6.45) is 1.43. The van der Waals surface area contributed by atoms with Gasteiger partial charge in [0.1, 0.15) is 5.75 Å². The fraction of sp³-hybridized carbons (Fsp3) is 0.296. The molecule has 3 nitrogen and oxygen atoms in total. The monoisotopic (exact) mass is 475 g/mol. The van der Waals surface area contributed by atoms with E-state index in [2.05, 4.69) is 83.6 Å². The van der Waals surface area contributed by atoms with Crippen molar-refractivity contribution < 1.29 is 9.53 Å². The molecule has 0 spiro atoms. The van der Waals surface area contributed by atoms with Gasteiger partial charge in [0.2, 0.25) is 0 Å². The predicted molar refractivity (Wildman–Crippen MR) is 130 cm³/mol. The Morgan fingerprint density at radius 2 is 1.87 bits per heavy atom. The molecule has 0 saturated carbocycles. The molecule has 0 aromatic heterocycles. The van der Waals surface area contributed by atoms with Gasteiger partial charge in [-0.05, 0) is 58.9 Å². The Balaban J connectivity index is 1.84. The summed E-state index contributed by atoms with van der Waals surface area (Å²) in [7, 11) is 1.70. The van der Waals surface area contributed by atoms with Gasteiger partial charge in [-0.1, -0.05) is 60.1 Å². The summed E-state index contributed by atoms with van der Waals surface area (Å²) in [4.78, 5) is 13.5. The quantitative estimate of drug-likeness (QED) is 0.428. The number of carbonyl (C=O) groups is 1. The first-order chi connectivity index (χ1) is 14.8. The maximum atomic E-state index is 13.5. The van der Waals surface area contributed by atoms with Crippen molar-refractivity contribution in [2.75, 3.05) is 12.4 Å². The number of fused-ring (bicyclic) bond motifs is 3. The molecule has 0 bridgehead atoms. The van der Waals surface area contributed by atoms with Crippen molar-refractivity contribution in [1.29, 1.82) is 0 Å². The maximum absolute atomic E-state index is 13.5. The molecule has 5 rings (SSSR count). The highest BCUT2D eigenvalue weighted by Gasteiger charge is 2.41. The predicted octanol–water partition coefficient (Wildman–Crippen LogP) is 7.12. The van der Waals surface area contributed by atoms with Crippen LogP contribution in [0.1, 0.15) is 49.3 Å². The van der Waals surface area contributed by atoms with Gasteiger partial charge < -0.3 is 10.1 Å². The summed E-state index contributed by atoms with van der Waals surface area (Å²) in [5, 5.41) is 6.00. The standard InChI is InChI=1S/C27H26BrNO2/c1-15-19(28)11-17(12-23(15)31-4)24-25-18-8-6-5-7-16(18)9-10-20(25)29-21-13-27(2,3)14-22(30)26(21)24/h5-12,24,29H,13-14H2,1-4H3. The molecule has 0 saturated heterocycles. The highest BCUT2D eigenvalue weighted by Crippen LogP contribution is 2.51. The Kier molecular flexibility index (Phi) is 4.74. The van der Waals surface area contributed by atoms with Crippen LogP contribution in [0.5, 0.6) is 5.75 Å². The summed E-state index contributed by atoms with van der Waals surface area (Å²) in [6, 6.07) is 17.0. The van der Waals surface area contributed by atoms with Gasteiger partial charge in [0.15, 0.2) is 5.78 Å². The summed E-state index contributed by atoms with van der Waals surface area (Å²) >= 11 is 3.72. The lowest BCUT2D eigenvalue weighted by molar-refractivity contribution is -0.118. The number of Topliss-reactive ketones (excluding diaryl/α,β-unsaturated/α-hetero) is 1. The van der Waals surface area contributed by atoms with Crippen LogP contribution < -0.4 is 10.1 Å². The zero-order valence-electron chi connectivity index (χ0n) is 18.3. The van der Waals surface area contributed by atoms with Crippen molar-refractivity contribution in [1.82, 2.24) is 0 Å². The highest BCUT2D eigenvalue weighted by molar-refractivity contribution is 9.10. The number of hydrogen-bond acceptors (Lipinski definition) is 3. The van der Waals surface area contributed by atoms with Gasteiger partial charge in [0, 0.05) is 39.3 Å². The Morgan fingerprint density at radius 3 is 2.65 bits per heavy atom. The second-order valence-corrected chi connectivity index (χ2v) is 10.3. The number of rotatable bonds is 2. The SMILES string of the molecule is COc1cc(C2C3=C(CC(C)(C)CC3=O)Nc3ccc4ccccc4c32)cc(Br)c1C. The first kappa shape index (κ1) is 20.3. The average molecular weight is 476 g/mol. The first-order valence-electron chi connectivity index (χ1n) is 10.7.